The third kappa shape index (κ3) is 6.05. The Hall–Kier alpha value is -0.210. The summed E-state index contributed by atoms with van der Waals surface area (Å²) in [5, 5.41) is 3.30. The molecule has 6 nitrogen and oxygen atoms in total. The Labute approximate surface area is 123 Å². The summed E-state index contributed by atoms with van der Waals surface area (Å²) < 4.78 is 34.1. The van der Waals surface area contributed by atoms with E-state index >= 15 is 0 Å². The molecule has 2 N–H and O–H groups in total. The van der Waals surface area contributed by atoms with Gasteiger partial charge in [-0.25, -0.2) is 0 Å². The lowest BCUT2D eigenvalue weighted by Crippen LogP contribution is -2.50. The molecule has 1 heterocycles. The number of nitrogens with one attached hydrogen (secondary N) is 2. The maximum atomic E-state index is 12.3. The van der Waals surface area contributed by atoms with Crippen LogP contribution in [0.1, 0.15) is 33.6 Å². The van der Waals surface area contributed by atoms with Crippen molar-refractivity contribution < 1.29 is 13.2 Å². The van der Waals surface area contributed by atoms with Crippen LogP contribution in [0, 0.1) is 5.92 Å². The summed E-state index contributed by atoms with van der Waals surface area (Å²) in [6.45, 7) is 9.82. The van der Waals surface area contributed by atoms with Gasteiger partial charge < -0.3 is 10.1 Å². The van der Waals surface area contributed by atoms with Gasteiger partial charge in [0.2, 0.25) is 0 Å². The first-order valence-corrected chi connectivity index (χ1v) is 8.99. The van der Waals surface area contributed by atoms with E-state index in [9.17, 15) is 8.42 Å². The quantitative estimate of drug-likeness (QED) is 0.653. The molecule has 20 heavy (non-hydrogen) atoms. The van der Waals surface area contributed by atoms with Crippen LogP contribution in [-0.2, 0) is 14.9 Å². The Morgan fingerprint density at radius 1 is 1.40 bits per heavy atom. The molecule has 1 aliphatic heterocycles. The highest BCUT2D eigenvalue weighted by Crippen LogP contribution is 2.18. The first-order chi connectivity index (χ1) is 9.49. The number of rotatable bonds is 9. The molecular formula is C13H29N3O3S. The van der Waals surface area contributed by atoms with Crippen LogP contribution in [0.15, 0.2) is 0 Å². The second kappa shape index (κ2) is 8.94. The minimum atomic E-state index is -3.40. The van der Waals surface area contributed by atoms with Crippen molar-refractivity contribution in [3.8, 4) is 0 Å². The predicted molar refractivity (Wildman–Crippen MR) is 80.9 cm³/mol. The molecule has 1 saturated heterocycles. The fourth-order valence-electron chi connectivity index (χ4n) is 2.42. The molecule has 1 fully saturated rings. The van der Waals surface area contributed by atoms with Crippen LogP contribution in [0.25, 0.3) is 0 Å². The molecule has 2 atom stereocenters. The molecule has 0 aliphatic carbocycles. The van der Waals surface area contributed by atoms with Crippen molar-refractivity contribution in [3.05, 3.63) is 0 Å². The molecule has 1 rings (SSSR count). The minimum Gasteiger partial charge on any atom is -0.380 e. The van der Waals surface area contributed by atoms with Crippen LogP contribution >= 0.6 is 0 Å². The molecule has 0 spiro atoms. The van der Waals surface area contributed by atoms with Crippen molar-refractivity contribution in [3.63, 3.8) is 0 Å². The molecule has 0 amide bonds. The van der Waals surface area contributed by atoms with Gasteiger partial charge in [0.05, 0.1) is 6.61 Å². The van der Waals surface area contributed by atoms with Gasteiger partial charge in [0.1, 0.15) is 0 Å². The second-order valence-corrected chi connectivity index (χ2v) is 7.06. The fourth-order valence-corrected chi connectivity index (χ4v) is 3.92. The standard InChI is InChI=1S/C13H29N3O3S/c1-4-14-9-13-7-6-8-16(10-13)20(17,18)15-12(3)11-19-5-2/h12-15H,4-11H2,1-3H3. The van der Waals surface area contributed by atoms with E-state index in [2.05, 4.69) is 17.0 Å². The normalized spacial score (nSPS) is 22.9. The molecule has 0 aromatic rings. The Bertz CT molecular complexity index is 362. The van der Waals surface area contributed by atoms with Crippen LogP contribution in [0.3, 0.4) is 0 Å². The highest BCUT2D eigenvalue weighted by molar-refractivity contribution is 7.87. The summed E-state index contributed by atoms with van der Waals surface area (Å²) in [6.07, 6.45) is 2.02. The van der Waals surface area contributed by atoms with Crippen molar-refractivity contribution >= 4 is 10.2 Å². The summed E-state index contributed by atoms with van der Waals surface area (Å²) in [5.74, 6) is 0.405. The maximum absolute atomic E-state index is 12.3. The number of ether oxygens (including phenoxy) is 1. The zero-order chi connectivity index (χ0) is 15.0. The molecular weight excluding hydrogens is 278 g/mol. The van der Waals surface area contributed by atoms with E-state index < -0.39 is 10.2 Å². The van der Waals surface area contributed by atoms with Crippen molar-refractivity contribution in [1.29, 1.82) is 0 Å². The second-order valence-electron chi connectivity index (χ2n) is 5.36. The van der Waals surface area contributed by atoms with Crippen molar-refractivity contribution in [1.82, 2.24) is 14.3 Å². The van der Waals surface area contributed by atoms with Gasteiger partial charge in [-0.3, -0.25) is 0 Å². The summed E-state index contributed by atoms with van der Waals surface area (Å²) in [5.41, 5.74) is 0. The largest absolute Gasteiger partial charge is 0.380 e. The first-order valence-electron chi connectivity index (χ1n) is 7.55. The van der Waals surface area contributed by atoms with E-state index in [0.717, 1.165) is 25.9 Å². The third-order valence-corrected chi connectivity index (χ3v) is 5.14. The fraction of sp³-hybridized carbons (Fsp3) is 1.00. The molecule has 2 unspecified atom stereocenters. The van der Waals surface area contributed by atoms with Gasteiger partial charge in [0, 0.05) is 25.7 Å². The maximum Gasteiger partial charge on any atom is 0.279 e. The molecule has 7 heteroatoms. The van der Waals surface area contributed by atoms with E-state index in [0.29, 0.717) is 32.2 Å². The Morgan fingerprint density at radius 3 is 2.80 bits per heavy atom. The Balaban J connectivity index is 2.49. The Kier molecular flexibility index (Phi) is 7.98. The summed E-state index contributed by atoms with van der Waals surface area (Å²) in [6, 6.07) is -0.200. The molecule has 0 aromatic heterocycles. The van der Waals surface area contributed by atoms with E-state index in [1.54, 1.807) is 4.31 Å². The average Bonchev–Trinajstić information content (AvgIpc) is 2.42. The van der Waals surface area contributed by atoms with Crippen LogP contribution < -0.4 is 10.0 Å². The number of nitrogens with zero attached hydrogens (tertiary/aromatic N) is 1. The smallest absolute Gasteiger partial charge is 0.279 e. The minimum absolute atomic E-state index is 0.200. The van der Waals surface area contributed by atoms with Gasteiger partial charge >= 0.3 is 0 Å². The van der Waals surface area contributed by atoms with E-state index in [1.165, 1.54) is 0 Å². The molecule has 0 radical (unpaired) electrons. The number of hydrogen-bond acceptors (Lipinski definition) is 4. The van der Waals surface area contributed by atoms with Gasteiger partial charge in [-0.15, -0.1) is 0 Å². The van der Waals surface area contributed by atoms with Gasteiger partial charge in [-0.1, -0.05) is 6.92 Å². The summed E-state index contributed by atoms with van der Waals surface area (Å²) in [7, 11) is -3.40. The van der Waals surface area contributed by atoms with Crippen LogP contribution in [-0.4, -0.2) is 58.2 Å². The first kappa shape index (κ1) is 17.8. The van der Waals surface area contributed by atoms with E-state index in [1.807, 2.05) is 13.8 Å². The molecule has 0 aromatic carbocycles. The van der Waals surface area contributed by atoms with Crippen molar-refractivity contribution in [2.24, 2.45) is 5.92 Å². The zero-order valence-electron chi connectivity index (χ0n) is 12.9. The highest BCUT2D eigenvalue weighted by Gasteiger charge is 2.29. The SMILES string of the molecule is CCNCC1CCCN(S(=O)(=O)NC(C)COCC)C1. The monoisotopic (exact) mass is 307 g/mol. The van der Waals surface area contributed by atoms with E-state index in [-0.39, 0.29) is 6.04 Å². The lowest BCUT2D eigenvalue weighted by atomic mass is 10.00. The van der Waals surface area contributed by atoms with Gasteiger partial charge in [0.25, 0.3) is 10.2 Å². The van der Waals surface area contributed by atoms with E-state index in [4.69, 9.17) is 4.74 Å². The number of piperidine rings is 1. The highest BCUT2D eigenvalue weighted by atomic mass is 32.2. The summed E-state index contributed by atoms with van der Waals surface area (Å²) in [4.78, 5) is 0. The Morgan fingerprint density at radius 2 is 2.15 bits per heavy atom. The third-order valence-electron chi connectivity index (χ3n) is 3.43. The van der Waals surface area contributed by atoms with Crippen LogP contribution in [0.5, 0.6) is 0 Å². The molecule has 120 valence electrons. The average molecular weight is 307 g/mol. The van der Waals surface area contributed by atoms with Gasteiger partial charge in [-0.2, -0.15) is 17.4 Å². The van der Waals surface area contributed by atoms with Crippen LogP contribution in [0.2, 0.25) is 0 Å². The van der Waals surface area contributed by atoms with Crippen molar-refractivity contribution in [2.45, 2.75) is 39.7 Å². The van der Waals surface area contributed by atoms with Crippen molar-refractivity contribution in [2.75, 3.05) is 39.4 Å². The lowest BCUT2D eigenvalue weighted by molar-refractivity contribution is 0.132. The predicted octanol–water partition coefficient (Wildman–Crippen LogP) is 0.567. The molecule has 0 saturated carbocycles. The molecule has 1 aliphatic rings. The van der Waals surface area contributed by atoms with Gasteiger partial charge in [0.15, 0.2) is 0 Å². The van der Waals surface area contributed by atoms with Crippen LogP contribution in [0.4, 0.5) is 0 Å². The topological polar surface area (TPSA) is 70.7 Å². The number of hydrogen-bond donors (Lipinski definition) is 2. The van der Waals surface area contributed by atoms with Gasteiger partial charge in [-0.05, 0) is 45.7 Å². The lowest BCUT2D eigenvalue weighted by Gasteiger charge is -2.32. The molecule has 0 bridgehead atoms. The summed E-state index contributed by atoms with van der Waals surface area (Å²) >= 11 is 0. The zero-order valence-corrected chi connectivity index (χ0v) is 13.7.